The standard InChI is InChI=1S/C12H13BrO/c1-9-8-10-4-2-3-5-11(10)12(9)14-7-6-13/h2-5,8,12H,6-7H2,1H3. The van der Waals surface area contributed by atoms with Gasteiger partial charge >= 0.3 is 0 Å². The van der Waals surface area contributed by atoms with Crippen LogP contribution in [0.15, 0.2) is 29.8 Å². The Labute approximate surface area is 92.9 Å². The van der Waals surface area contributed by atoms with Gasteiger partial charge in [-0.05, 0) is 23.6 Å². The molecule has 14 heavy (non-hydrogen) atoms. The summed E-state index contributed by atoms with van der Waals surface area (Å²) < 4.78 is 5.78. The number of rotatable bonds is 3. The van der Waals surface area contributed by atoms with Crippen molar-refractivity contribution in [3.63, 3.8) is 0 Å². The van der Waals surface area contributed by atoms with E-state index in [0.717, 1.165) is 11.9 Å². The highest BCUT2D eigenvalue weighted by Gasteiger charge is 2.21. The van der Waals surface area contributed by atoms with Crippen LogP contribution >= 0.6 is 15.9 Å². The first-order valence-electron chi connectivity index (χ1n) is 4.77. The van der Waals surface area contributed by atoms with E-state index in [9.17, 15) is 0 Å². The molecule has 0 radical (unpaired) electrons. The van der Waals surface area contributed by atoms with Gasteiger partial charge in [-0.2, -0.15) is 0 Å². The number of ether oxygens (including phenoxy) is 1. The zero-order valence-electron chi connectivity index (χ0n) is 8.16. The van der Waals surface area contributed by atoms with Gasteiger partial charge in [0.05, 0.1) is 6.61 Å². The molecule has 0 aliphatic heterocycles. The third-order valence-electron chi connectivity index (χ3n) is 2.44. The first-order chi connectivity index (χ1) is 6.83. The third kappa shape index (κ3) is 1.77. The Hall–Kier alpha value is -0.600. The smallest absolute Gasteiger partial charge is 0.104 e. The van der Waals surface area contributed by atoms with Gasteiger partial charge in [0.2, 0.25) is 0 Å². The van der Waals surface area contributed by atoms with Crippen molar-refractivity contribution in [2.45, 2.75) is 13.0 Å². The lowest BCUT2D eigenvalue weighted by molar-refractivity contribution is 0.0938. The second-order valence-electron chi connectivity index (χ2n) is 3.46. The monoisotopic (exact) mass is 252 g/mol. The van der Waals surface area contributed by atoms with Crippen molar-refractivity contribution >= 4 is 22.0 Å². The van der Waals surface area contributed by atoms with Gasteiger partial charge < -0.3 is 4.74 Å². The lowest BCUT2D eigenvalue weighted by Gasteiger charge is -2.14. The highest BCUT2D eigenvalue weighted by atomic mass is 79.9. The van der Waals surface area contributed by atoms with Crippen molar-refractivity contribution in [1.29, 1.82) is 0 Å². The highest BCUT2D eigenvalue weighted by Crippen LogP contribution is 2.36. The Morgan fingerprint density at radius 1 is 1.36 bits per heavy atom. The van der Waals surface area contributed by atoms with E-state index in [1.165, 1.54) is 16.7 Å². The molecule has 0 bridgehead atoms. The fourth-order valence-electron chi connectivity index (χ4n) is 1.83. The topological polar surface area (TPSA) is 9.23 Å². The van der Waals surface area contributed by atoms with Crippen molar-refractivity contribution in [2.75, 3.05) is 11.9 Å². The second-order valence-corrected chi connectivity index (χ2v) is 4.25. The van der Waals surface area contributed by atoms with E-state index in [2.05, 4.69) is 53.2 Å². The summed E-state index contributed by atoms with van der Waals surface area (Å²) in [5, 5.41) is 0.888. The molecule has 0 spiro atoms. The number of fused-ring (bicyclic) bond motifs is 1. The molecule has 2 rings (SSSR count). The van der Waals surface area contributed by atoms with Crippen molar-refractivity contribution in [2.24, 2.45) is 0 Å². The van der Waals surface area contributed by atoms with Crippen LogP contribution in [0.3, 0.4) is 0 Å². The van der Waals surface area contributed by atoms with Crippen LogP contribution in [0, 0.1) is 0 Å². The molecule has 0 fully saturated rings. The van der Waals surface area contributed by atoms with Crippen LogP contribution in [-0.4, -0.2) is 11.9 Å². The zero-order chi connectivity index (χ0) is 9.97. The van der Waals surface area contributed by atoms with Gasteiger partial charge in [-0.3, -0.25) is 0 Å². The van der Waals surface area contributed by atoms with Gasteiger partial charge in [-0.15, -0.1) is 0 Å². The summed E-state index contributed by atoms with van der Waals surface area (Å²) in [4.78, 5) is 0. The van der Waals surface area contributed by atoms with Gasteiger partial charge in [0.1, 0.15) is 6.10 Å². The molecule has 0 aromatic heterocycles. The van der Waals surface area contributed by atoms with E-state index in [0.29, 0.717) is 0 Å². The first-order valence-corrected chi connectivity index (χ1v) is 5.90. The average Bonchev–Trinajstić information content (AvgIpc) is 2.51. The van der Waals surface area contributed by atoms with Crippen LogP contribution in [0.2, 0.25) is 0 Å². The lowest BCUT2D eigenvalue weighted by Crippen LogP contribution is -2.04. The highest BCUT2D eigenvalue weighted by molar-refractivity contribution is 9.09. The van der Waals surface area contributed by atoms with E-state index >= 15 is 0 Å². The summed E-state index contributed by atoms with van der Waals surface area (Å²) in [5.41, 5.74) is 3.89. The maximum Gasteiger partial charge on any atom is 0.104 e. The molecule has 1 aromatic carbocycles. The predicted molar refractivity (Wildman–Crippen MR) is 62.6 cm³/mol. The van der Waals surface area contributed by atoms with Gasteiger partial charge in [0.15, 0.2) is 0 Å². The molecule has 2 heteroatoms. The van der Waals surface area contributed by atoms with Gasteiger partial charge in [0.25, 0.3) is 0 Å². The molecule has 1 aliphatic carbocycles. The molecule has 1 aliphatic rings. The molecular weight excluding hydrogens is 240 g/mol. The first kappa shape index (κ1) is 9.94. The van der Waals surface area contributed by atoms with Gasteiger partial charge in [-0.1, -0.05) is 46.3 Å². The average molecular weight is 253 g/mol. The number of alkyl halides is 1. The summed E-state index contributed by atoms with van der Waals surface area (Å²) in [6.45, 7) is 2.88. The molecule has 0 N–H and O–H groups in total. The maximum absolute atomic E-state index is 5.78. The van der Waals surface area contributed by atoms with Crippen LogP contribution in [-0.2, 0) is 4.74 Å². The molecular formula is C12H13BrO. The number of benzene rings is 1. The summed E-state index contributed by atoms with van der Waals surface area (Å²) in [5.74, 6) is 0. The fraction of sp³-hybridized carbons (Fsp3) is 0.333. The van der Waals surface area contributed by atoms with Crippen LogP contribution in [0.1, 0.15) is 24.2 Å². The van der Waals surface area contributed by atoms with Crippen molar-refractivity contribution in [3.8, 4) is 0 Å². The molecule has 1 unspecified atom stereocenters. The summed E-state index contributed by atoms with van der Waals surface area (Å²) in [7, 11) is 0. The molecule has 1 nitrogen and oxygen atoms in total. The molecule has 0 heterocycles. The van der Waals surface area contributed by atoms with Crippen LogP contribution in [0.4, 0.5) is 0 Å². The third-order valence-corrected chi connectivity index (χ3v) is 2.76. The molecule has 0 saturated carbocycles. The molecule has 1 atom stereocenters. The minimum Gasteiger partial charge on any atom is -0.368 e. The number of hydrogen-bond donors (Lipinski definition) is 0. The number of hydrogen-bond acceptors (Lipinski definition) is 1. The summed E-state index contributed by atoms with van der Waals surface area (Å²) in [6, 6.07) is 8.41. The summed E-state index contributed by atoms with van der Waals surface area (Å²) in [6.07, 6.45) is 2.37. The predicted octanol–water partition coefficient (Wildman–Crippen LogP) is 3.56. The number of halogens is 1. The second kappa shape index (κ2) is 4.28. The summed E-state index contributed by atoms with van der Waals surface area (Å²) >= 11 is 3.37. The molecule has 0 amide bonds. The fourth-order valence-corrected chi connectivity index (χ4v) is 2.02. The van der Waals surface area contributed by atoms with Gasteiger partial charge in [0, 0.05) is 5.33 Å². The molecule has 1 aromatic rings. The van der Waals surface area contributed by atoms with Crippen molar-refractivity contribution < 1.29 is 4.74 Å². The Bertz CT molecular complexity index is 357. The Morgan fingerprint density at radius 3 is 2.93 bits per heavy atom. The molecule has 0 saturated heterocycles. The Balaban J connectivity index is 2.23. The van der Waals surface area contributed by atoms with Crippen molar-refractivity contribution in [3.05, 3.63) is 41.0 Å². The van der Waals surface area contributed by atoms with E-state index in [1.807, 2.05) is 0 Å². The van der Waals surface area contributed by atoms with E-state index in [-0.39, 0.29) is 6.10 Å². The van der Waals surface area contributed by atoms with Crippen LogP contribution < -0.4 is 0 Å². The zero-order valence-corrected chi connectivity index (χ0v) is 9.75. The maximum atomic E-state index is 5.78. The van der Waals surface area contributed by atoms with Crippen molar-refractivity contribution in [1.82, 2.24) is 0 Å². The normalized spacial score (nSPS) is 19.3. The van der Waals surface area contributed by atoms with Gasteiger partial charge in [-0.25, -0.2) is 0 Å². The molecule has 74 valence electrons. The van der Waals surface area contributed by atoms with E-state index in [4.69, 9.17) is 4.74 Å². The quantitative estimate of drug-likeness (QED) is 0.748. The lowest BCUT2D eigenvalue weighted by atomic mass is 10.1. The Kier molecular flexibility index (Phi) is 3.04. The van der Waals surface area contributed by atoms with Crippen LogP contribution in [0.25, 0.3) is 6.08 Å². The van der Waals surface area contributed by atoms with E-state index in [1.54, 1.807) is 0 Å². The van der Waals surface area contributed by atoms with Crippen LogP contribution in [0.5, 0.6) is 0 Å². The minimum absolute atomic E-state index is 0.170. The minimum atomic E-state index is 0.170. The SMILES string of the molecule is CC1=Cc2ccccc2C1OCCBr. The Morgan fingerprint density at radius 2 is 2.14 bits per heavy atom. The largest absolute Gasteiger partial charge is 0.368 e. The van der Waals surface area contributed by atoms with E-state index < -0.39 is 0 Å².